The Morgan fingerprint density at radius 2 is 2.17 bits per heavy atom. The molecule has 0 radical (unpaired) electrons. The van der Waals surface area contributed by atoms with Crippen LogP contribution in [0.3, 0.4) is 0 Å². The van der Waals surface area contributed by atoms with Crippen LogP contribution in [-0.4, -0.2) is 0 Å². The van der Waals surface area contributed by atoms with Gasteiger partial charge in [0.15, 0.2) is 0 Å². The topological polar surface area (TPSA) is 0 Å². The molecule has 0 aliphatic heterocycles. The zero-order chi connectivity index (χ0) is 8.55. The van der Waals surface area contributed by atoms with E-state index < -0.39 is 0 Å². The molecule has 1 aliphatic carbocycles. The van der Waals surface area contributed by atoms with Gasteiger partial charge in [-0.25, -0.2) is 0 Å². The zero-order valence-corrected chi connectivity index (χ0v) is 9.05. The number of aryl methyl sites for hydroxylation is 2. The predicted molar refractivity (Wildman–Crippen MR) is 58.4 cm³/mol. The highest BCUT2D eigenvalue weighted by Crippen LogP contribution is 2.34. The van der Waals surface area contributed by atoms with Crippen LogP contribution in [0.25, 0.3) is 0 Å². The molecular formula is C10H14S2. The fourth-order valence-corrected chi connectivity index (χ4v) is 3.15. The maximum Gasteiger partial charge on any atom is 0.0333 e. The molecule has 0 amide bonds. The molecule has 0 saturated heterocycles. The molecule has 2 rings (SSSR count). The molecule has 0 spiro atoms. The van der Waals surface area contributed by atoms with Crippen molar-refractivity contribution in [2.45, 2.75) is 37.9 Å². The Morgan fingerprint density at radius 1 is 1.42 bits per heavy atom. The third kappa shape index (κ3) is 1.55. The summed E-state index contributed by atoms with van der Waals surface area (Å²) in [5.41, 5.74) is 1.60. The number of thiophene rings is 1. The minimum absolute atomic E-state index is 0.417. The quantitative estimate of drug-likeness (QED) is 0.655. The van der Waals surface area contributed by atoms with E-state index in [9.17, 15) is 0 Å². The number of fused-ring (bicyclic) bond motifs is 1. The van der Waals surface area contributed by atoms with Gasteiger partial charge in [-0.3, -0.25) is 0 Å². The van der Waals surface area contributed by atoms with Crippen molar-refractivity contribution in [2.24, 2.45) is 0 Å². The lowest BCUT2D eigenvalue weighted by atomic mass is 9.99. The fourth-order valence-electron chi connectivity index (χ4n) is 1.72. The summed E-state index contributed by atoms with van der Waals surface area (Å²) in [4.78, 5) is 3.07. The lowest BCUT2D eigenvalue weighted by Crippen LogP contribution is -1.96. The van der Waals surface area contributed by atoms with E-state index in [4.69, 9.17) is 0 Å². The molecule has 0 nitrogen and oxygen atoms in total. The van der Waals surface area contributed by atoms with Gasteiger partial charge in [-0.1, -0.05) is 0 Å². The van der Waals surface area contributed by atoms with Crippen molar-refractivity contribution in [3.8, 4) is 0 Å². The van der Waals surface area contributed by atoms with Gasteiger partial charge in [-0.2, -0.15) is 12.6 Å². The highest BCUT2D eigenvalue weighted by Gasteiger charge is 2.14. The minimum atomic E-state index is 0.417. The van der Waals surface area contributed by atoms with Gasteiger partial charge in [0.1, 0.15) is 0 Å². The second-order valence-corrected chi connectivity index (χ2v) is 5.42. The van der Waals surface area contributed by atoms with E-state index in [2.05, 4.69) is 25.6 Å². The van der Waals surface area contributed by atoms with Crippen molar-refractivity contribution in [1.29, 1.82) is 0 Å². The van der Waals surface area contributed by atoms with E-state index in [1.807, 2.05) is 11.3 Å². The largest absolute Gasteiger partial charge is 0.171 e. The van der Waals surface area contributed by atoms with Gasteiger partial charge >= 0.3 is 0 Å². The van der Waals surface area contributed by atoms with Gasteiger partial charge in [0.05, 0.1) is 0 Å². The third-order valence-electron chi connectivity index (χ3n) is 2.43. The van der Waals surface area contributed by atoms with Crippen molar-refractivity contribution in [3.63, 3.8) is 0 Å². The Hall–Kier alpha value is 0.0500. The SMILES string of the molecule is CC(S)c1cc2c(s1)CCCC2. The minimum Gasteiger partial charge on any atom is -0.171 e. The molecule has 66 valence electrons. The van der Waals surface area contributed by atoms with Gasteiger partial charge < -0.3 is 0 Å². The molecule has 0 N–H and O–H groups in total. The first kappa shape index (κ1) is 8.64. The van der Waals surface area contributed by atoms with Crippen molar-refractivity contribution in [3.05, 3.63) is 21.4 Å². The summed E-state index contributed by atoms with van der Waals surface area (Å²) in [6, 6.07) is 2.36. The maximum atomic E-state index is 4.46. The van der Waals surface area contributed by atoms with Crippen LogP contribution in [0, 0.1) is 0 Å². The van der Waals surface area contributed by atoms with Gasteiger partial charge in [-0.15, -0.1) is 11.3 Å². The molecule has 2 heteroatoms. The molecule has 1 aromatic heterocycles. The van der Waals surface area contributed by atoms with Crippen molar-refractivity contribution in [2.75, 3.05) is 0 Å². The summed E-state index contributed by atoms with van der Waals surface area (Å²) < 4.78 is 0. The maximum absolute atomic E-state index is 4.46. The molecule has 0 fully saturated rings. The predicted octanol–water partition coefficient (Wildman–Crippen LogP) is 3.62. The van der Waals surface area contributed by atoms with Gasteiger partial charge in [0.25, 0.3) is 0 Å². The van der Waals surface area contributed by atoms with E-state index in [1.165, 1.54) is 30.6 Å². The van der Waals surface area contributed by atoms with Gasteiger partial charge in [-0.05, 0) is 44.2 Å². The highest BCUT2D eigenvalue weighted by atomic mass is 32.1. The summed E-state index contributed by atoms with van der Waals surface area (Å²) in [5.74, 6) is 0. The average molecular weight is 198 g/mol. The number of thiol groups is 1. The number of rotatable bonds is 1. The van der Waals surface area contributed by atoms with Crippen LogP contribution in [0.4, 0.5) is 0 Å². The zero-order valence-electron chi connectivity index (χ0n) is 7.34. The second-order valence-electron chi connectivity index (χ2n) is 3.48. The summed E-state index contributed by atoms with van der Waals surface area (Å²) in [7, 11) is 0. The monoisotopic (exact) mass is 198 g/mol. The first-order valence-corrected chi connectivity index (χ1v) is 5.90. The van der Waals surface area contributed by atoms with Crippen LogP contribution in [0.2, 0.25) is 0 Å². The van der Waals surface area contributed by atoms with E-state index in [0.29, 0.717) is 5.25 Å². The smallest absolute Gasteiger partial charge is 0.0333 e. The first-order valence-electron chi connectivity index (χ1n) is 4.57. The molecular weight excluding hydrogens is 184 g/mol. The summed E-state index contributed by atoms with van der Waals surface area (Å²) >= 11 is 6.42. The highest BCUT2D eigenvalue weighted by molar-refractivity contribution is 7.80. The third-order valence-corrected chi connectivity index (χ3v) is 4.30. The Morgan fingerprint density at radius 3 is 2.83 bits per heavy atom. The normalized spacial score (nSPS) is 18.8. The Bertz CT molecular complexity index is 250. The Kier molecular flexibility index (Phi) is 2.47. The van der Waals surface area contributed by atoms with Crippen LogP contribution in [-0.2, 0) is 12.8 Å². The van der Waals surface area contributed by atoms with Crippen molar-refractivity contribution < 1.29 is 0 Å². The van der Waals surface area contributed by atoms with Crippen molar-refractivity contribution in [1.82, 2.24) is 0 Å². The first-order chi connectivity index (χ1) is 5.77. The summed E-state index contributed by atoms with van der Waals surface area (Å²) in [6.07, 6.45) is 5.37. The van der Waals surface area contributed by atoms with E-state index in [-0.39, 0.29) is 0 Å². The lowest BCUT2D eigenvalue weighted by Gasteiger charge is -2.08. The molecule has 1 aromatic rings. The summed E-state index contributed by atoms with van der Waals surface area (Å²) in [6.45, 7) is 2.15. The fraction of sp³-hybridized carbons (Fsp3) is 0.600. The summed E-state index contributed by atoms with van der Waals surface area (Å²) in [5, 5.41) is 0.417. The molecule has 0 saturated carbocycles. The van der Waals surface area contributed by atoms with Gasteiger partial charge in [0, 0.05) is 15.0 Å². The second kappa shape index (κ2) is 3.43. The molecule has 1 aliphatic rings. The standard InChI is InChI=1S/C10H14S2/c1-7(11)10-6-8-4-2-3-5-9(8)12-10/h6-7,11H,2-5H2,1H3. The Balaban J connectivity index is 2.32. The molecule has 1 heterocycles. The average Bonchev–Trinajstić information content (AvgIpc) is 2.46. The Labute approximate surface area is 83.4 Å². The number of hydrogen-bond donors (Lipinski definition) is 1. The molecule has 1 atom stereocenters. The van der Waals surface area contributed by atoms with E-state index >= 15 is 0 Å². The lowest BCUT2D eigenvalue weighted by molar-refractivity contribution is 0.697. The van der Waals surface area contributed by atoms with E-state index in [1.54, 1.807) is 10.4 Å². The molecule has 0 aromatic carbocycles. The number of hydrogen-bond acceptors (Lipinski definition) is 2. The van der Waals surface area contributed by atoms with Crippen LogP contribution < -0.4 is 0 Å². The van der Waals surface area contributed by atoms with Crippen LogP contribution in [0.1, 0.15) is 40.3 Å². The van der Waals surface area contributed by atoms with Crippen molar-refractivity contribution >= 4 is 24.0 Å². The van der Waals surface area contributed by atoms with Crippen LogP contribution in [0.5, 0.6) is 0 Å². The molecule has 0 bridgehead atoms. The van der Waals surface area contributed by atoms with Crippen LogP contribution >= 0.6 is 24.0 Å². The van der Waals surface area contributed by atoms with Crippen LogP contribution in [0.15, 0.2) is 6.07 Å². The molecule has 12 heavy (non-hydrogen) atoms. The van der Waals surface area contributed by atoms with E-state index in [0.717, 1.165) is 0 Å². The van der Waals surface area contributed by atoms with Gasteiger partial charge in [0.2, 0.25) is 0 Å². The molecule has 1 unspecified atom stereocenters.